The van der Waals surface area contributed by atoms with Crippen LogP contribution in [0.5, 0.6) is 0 Å². The minimum atomic E-state index is -0.228. The van der Waals surface area contributed by atoms with Gasteiger partial charge in [-0.15, -0.1) is 0 Å². The maximum Gasteiger partial charge on any atom is 0.245 e. The van der Waals surface area contributed by atoms with Crippen molar-refractivity contribution in [1.29, 1.82) is 5.26 Å². The van der Waals surface area contributed by atoms with Crippen LogP contribution in [0.15, 0.2) is 53.5 Å². The molecule has 2 aromatic carbocycles. The Balaban J connectivity index is 1.90. The van der Waals surface area contributed by atoms with Gasteiger partial charge in [0, 0.05) is 6.92 Å². The van der Waals surface area contributed by atoms with Crippen LogP contribution in [0, 0.1) is 11.3 Å². The average molecular weight is 362 g/mol. The summed E-state index contributed by atoms with van der Waals surface area (Å²) in [7, 11) is 0. The number of nitrogens with zero attached hydrogens (tertiary/aromatic N) is 4. The predicted octanol–water partition coefficient (Wildman–Crippen LogP) is 3.54. The summed E-state index contributed by atoms with van der Waals surface area (Å²) in [5.41, 5.74) is 3.63. The van der Waals surface area contributed by atoms with Crippen LogP contribution >= 0.6 is 11.3 Å². The van der Waals surface area contributed by atoms with Gasteiger partial charge in [0.2, 0.25) is 10.7 Å². The molecule has 0 spiro atoms. The summed E-state index contributed by atoms with van der Waals surface area (Å²) >= 11 is 1.44. The SMILES string of the molecule is CCc1nn(Cc2ccc(-c3ccccc3C#N)cc2)c(=NC(C)=O)s1. The third-order valence-corrected chi connectivity index (χ3v) is 4.95. The van der Waals surface area contributed by atoms with Crippen molar-refractivity contribution in [2.24, 2.45) is 4.99 Å². The number of carbonyl (C=O) groups is 1. The fourth-order valence-electron chi connectivity index (χ4n) is 2.61. The summed E-state index contributed by atoms with van der Waals surface area (Å²) in [6, 6.07) is 17.8. The molecule has 3 aromatic rings. The van der Waals surface area contributed by atoms with E-state index in [-0.39, 0.29) is 5.91 Å². The second-order valence-corrected chi connectivity index (χ2v) is 6.82. The molecular weight excluding hydrogens is 344 g/mol. The quantitative estimate of drug-likeness (QED) is 0.713. The van der Waals surface area contributed by atoms with Crippen molar-refractivity contribution >= 4 is 17.2 Å². The van der Waals surface area contributed by atoms with Crippen molar-refractivity contribution in [3.8, 4) is 17.2 Å². The van der Waals surface area contributed by atoms with E-state index in [1.165, 1.54) is 18.3 Å². The largest absolute Gasteiger partial charge is 0.273 e. The van der Waals surface area contributed by atoms with Crippen molar-refractivity contribution in [3.05, 3.63) is 69.5 Å². The van der Waals surface area contributed by atoms with Gasteiger partial charge in [0.25, 0.3) is 0 Å². The van der Waals surface area contributed by atoms with Gasteiger partial charge in [-0.2, -0.15) is 15.4 Å². The van der Waals surface area contributed by atoms with Gasteiger partial charge >= 0.3 is 0 Å². The molecule has 6 heteroatoms. The first kappa shape index (κ1) is 17.8. The molecule has 5 nitrogen and oxygen atoms in total. The lowest BCUT2D eigenvalue weighted by molar-refractivity contribution is -0.116. The first-order valence-electron chi connectivity index (χ1n) is 8.31. The topological polar surface area (TPSA) is 71.0 Å². The molecule has 0 saturated heterocycles. The molecule has 0 fully saturated rings. The number of hydrogen-bond acceptors (Lipinski definition) is 4. The number of nitriles is 1. The van der Waals surface area contributed by atoms with Gasteiger partial charge in [0.05, 0.1) is 18.2 Å². The molecule has 3 rings (SSSR count). The van der Waals surface area contributed by atoms with Crippen molar-refractivity contribution in [3.63, 3.8) is 0 Å². The van der Waals surface area contributed by atoms with Gasteiger partial charge in [0.15, 0.2) is 0 Å². The lowest BCUT2D eigenvalue weighted by Crippen LogP contribution is -2.18. The Labute approximate surface area is 155 Å². The van der Waals surface area contributed by atoms with E-state index in [9.17, 15) is 10.1 Å². The lowest BCUT2D eigenvalue weighted by atomic mass is 9.99. The van der Waals surface area contributed by atoms with E-state index >= 15 is 0 Å². The molecule has 0 aliphatic carbocycles. The Morgan fingerprint density at radius 2 is 1.96 bits per heavy atom. The van der Waals surface area contributed by atoms with Crippen LogP contribution in [0.25, 0.3) is 11.1 Å². The third kappa shape index (κ3) is 3.95. The van der Waals surface area contributed by atoms with Crippen LogP contribution in [0.1, 0.15) is 30.0 Å². The van der Waals surface area contributed by atoms with E-state index < -0.39 is 0 Å². The van der Waals surface area contributed by atoms with E-state index in [0.29, 0.717) is 16.9 Å². The third-order valence-electron chi connectivity index (χ3n) is 3.86. The molecule has 0 bridgehead atoms. The molecule has 0 aliphatic heterocycles. The van der Waals surface area contributed by atoms with Gasteiger partial charge in [-0.05, 0) is 29.2 Å². The standard InChI is InChI=1S/C20H18N4OS/c1-3-19-23-24(20(26-19)22-14(2)25)13-15-8-10-16(11-9-15)18-7-5-4-6-17(18)12-21/h4-11H,3,13H2,1-2H3. The minimum absolute atomic E-state index is 0.228. The molecule has 130 valence electrons. The Kier molecular flexibility index (Phi) is 5.40. The van der Waals surface area contributed by atoms with E-state index in [0.717, 1.165) is 28.1 Å². The predicted molar refractivity (Wildman–Crippen MR) is 101 cm³/mol. The van der Waals surface area contributed by atoms with Gasteiger partial charge in [-0.3, -0.25) is 4.79 Å². The molecule has 0 N–H and O–H groups in total. The van der Waals surface area contributed by atoms with Gasteiger partial charge in [-0.1, -0.05) is 60.7 Å². The first-order valence-corrected chi connectivity index (χ1v) is 9.13. The molecular formula is C20H18N4OS. The highest BCUT2D eigenvalue weighted by molar-refractivity contribution is 7.08. The Morgan fingerprint density at radius 1 is 1.23 bits per heavy atom. The fourth-order valence-corrected chi connectivity index (χ4v) is 3.49. The molecule has 0 radical (unpaired) electrons. The zero-order valence-corrected chi connectivity index (χ0v) is 15.5. The highest BCUT2D eigenvalue weighted by Crippen LogP contribution is 2.23. The van der Waals surface area contributed by atoms with Gasteiger partial charge in [-0.25, -0.2) is 4.68 Å². The maximum atomic E-state index is 11.3. The smallest absolute Gasteiger partial charge is 0.245 e. The molecule has 26 heavy (non-hydrogen) atoms. The molecule has 1 heterocycles. The normalized spacial score (nSPS) is 11.3. The number of carbonyl (C=O) groups excluding carboxylic acids is 1. The number of aryl methyl sites for hydroxylation is 1. The molecule has 1 amide bonds. The fraction of sp³-hybridized carbons (Fsp3) is 0.200. The van der Waals surface area contributed by atoms with Crippen LogP contribution in [0.3, 0.4) is 0 Å². The minimum Gasteiger partial charge on any atom is -0.273 e. The van der Waals surface area contributed by atoms with Crippen molar-refractivity contribution in [2.45, 2.75) is 26.8 Å². The van der Waals surface area contributed by atoms with Crippen molar-refractivity contribution in [2.75, 3.05) is 0 Å². The lowest BCUT2D eigenvalue weighted by Gasteiger charge is -2.06. The Morgan fingerprint density at radius 3 is 2.62 bits per heavy atom. The summed E-state index contributed by atoms with van der Waals surface area (Å²) in [6.07, 6.45) is 0.808. The van der Waals surface area contributed by atoms with E-state index in [1.54, 1.807) is 4.68 Å². The monoisotopic (exact) mass is 362 g/mol. The summed E-state index contributed by atoms with van der Waals surface area (Å²) in [5.74, 6) is -0.228. The Hall–Kier alpha value is -3.04. The molecule has 1 aromatic heterocycles. The second kappa shape index (κ2) is 7.89. The number of rotatable bonds is 4. The van der Waals surface area contributed by atoms with Crippen LogP contribution in [-0.4, -0.2) is 15.7 Å². The number of aromatic nitrogens is 2. The maximum absolute atomic E-state index is 11.3. The van der Waals surface area contributed by atoms with E-state index in [2.05, 4.69) is 16.2 Å². The highest BCUT2D eigenvalue weighted by atomic mass is 32.1. The van der Waals surface area contributed by atoms with Crippen LogP contribution < -0.4 is 4.80 Å². The Bertz CT molecular complexity index is 1040. The van der Waals surface area contributed by atoms with Crippen LogP contribution in [0.2, 0.25) is 0 Å². The van der Waals surface area contributed by atoms with Gasteiger partial charge in [0.1, 0.15) is 5.01 Å². The zero-order chi connectivity index (χ0) is 18.5. The summed E-state index contributed by atoms with van der Waals surface area (Å²) in [6.45, 7) is 4.02. The highest BCUT2D eigenvalue weighted by Gasteiger charge is 2.07. The second-order valence-electron chi connectivity index (χ2n) is 5.77. The molecule has 0 unspecified atom stereocenters. The van der Waals surface area contributed by atoms with E-state index in [4.69, 9.17) is 0 Å². The molecule has 0 saturated carbocycles. The molecule has 0 atom stereocenters. The average Bonchev–Trinajstić information content (AvgIpc) is 3.03. The summed E-state index contributed by atoms with van der Waals surface area (Å²) < 4.78 is 1.77. The summed E-state index contributed by atoms with van der Waals surface area (Å²) in [4.78, 5) is 16.0. The molecule has 0 aliphatic rings. The summed E-state index contributed by atoms with van der Waals surface area (Å²) in [5, 5.41) is 14.7. The zero-order valence-electron chi connectivity index (χ0n) is 14.6. The van der Waals surface area contributed by atoms with Crippen LogP contribution in [-0.2, 0) is 17.8 Å². The van der Waals surface area contributed by atoms with Crippen molar-refractivity contribution in [1.82, 2.24) is 9.78 Å². The number of benzene rings is 2. The number of amides is 1. The number of hydrogen-bond donors (Lipinski definition) is 0. The van der Waals surface area contributed by atoms with E-state index in [1.807, 2.05) is 55.5 Å². The van der Waals surface area contributed by atoms with Crippen molar-refractivity contribution < 1.29 is 4.79 Å². The first-order chi connectivity index (χ1) is 12.6. The van der Waals surface area contributed by atoms with Crippen LogP contribution in [0.4, 0.5) is 0 Å². The van der Waals surface area contributed by atoms with Gasteiger partial charge < -0.3 is 0 Å².